The van der Waals surface area contributed by atoms with Gasteiger partial charge in [0.25, 0.3) is 0 Å². The lowest BCUT2D eigenvalue weighted by molar-refractivity contribution is 0.628. The highest BCUT2D eigenvalue weighted by Gasteiger charge is 2.13. The van der Waals surface area contributed by atoms with Crippen LogP contribution in [-0.4, -0.2) is 9.55 Å². The smallest absolute Gasteiger partial charge is 0.125 e. The SMILES string of the molecule is Cn1c(CC(N)c2ccccc2)nc2ccc(F)cc21. The van der Waals surface area contributed by atoms with Crippen molar-refractivity contribution in [1.82, 2.24) is 9.55 Å². The molecule has 0 aliphatic heterocycles. The maximum atomic E-state index is 13.3. The largest absolute Gasteiger partial charge is 0.331 e. The highest BCUT2D eigenvalue weighted by molar-refractivity contribution is 5.75. The maximum absolute atomic E-state index is 13.3. The quantitative estimate of drug-likeness (QED) is 0.794. The number of benzene rings is 2. The number of imidazole rings is 1. The number of aromatic nitrogens is 2. The summed E-state index contributed by atoms with van der Waals surface area (Å²) >= 11 is 0. The number of nitrogens with two attached hydrogens (primary N) is 1. The molecule has 0 spiro atoms. The molecule has 1 unspecified atom stereocenters. The maximum Gasteiger partial charge on any atom is 0.125 e. The molecule has 0 fully saturated rings. The summed E-state index contributed by atoms with van der Waals surface area (Å²) in [5.41, 5.74) is 8.88. The van der Waals surface area contributed by atoms with E-state index < -0.39 is 0 Å². The van der Waals surface area contributed by atoms with Crippen LogP contribution in [0.25, 0.3) is 11.0 Å². The van der Waals surface area contributed by atoms with Crippen LogP contribution in [0.4, 0.5) is 4.39 Å². The first-order valence-corrected chi connectivity index (χ1v) is 6.56. The molecule has 0 saturated carbocycles. The highest BCUT2D eigenvalue weighted by atomic mass is 19.1. The zero-order valence-corrected chi connectivity index (χ0v) is 11.3. The Hall–Kier alpha value is -2.20. The highest BCUT2D eigenvalue weighted by Crippen LogP contribution is 2.20. The van der Waals surface area contributed by atoms with Crippen LogP contribution in [0.1, 0.15) is 17.4 Å². The second-order valence-electron chi connectivity index (χ2n) is 4.94. The Labute approximate surface area is 116 Å². The van der Waals surface area contributed by atoms with Crippen LogP contribution >= 0.6 is 0 Å². The molecule has 0 radical (unpaired) electrons. The van der Waals surface area contributed by atoms with Crippen LogP contribution in [0.3, 0.4) is 0 Å². The van der Waals surface area contributed by atoms with Gasteiger partial charge in [0.1, 0.15) is 11.6 Å². The van der Waals surface area contributed by atoms with Crippen molar-refractivity contribution < 1.29 is 4.39 Å². The molecule has 0 aliphatic rings. The fourth-order valence-corrected chi connectivity index (χ4v) is 2.41. The Morgan fingerprint density at radius 2 is 1.95 bits per heavy atom. The van der Waals surface area contributed by atoms with E-state index in [1.165, 1.54) is 12.1 Å². The van der Waals surface area contributed by atoms with Gasteiger partial charge in [-0.25, -0.2) is 9.37 Å². The number of nitrogens with zero attached hydrogens (tertiary/aromatic N) is 2. The first-order valence-electron chi connectivity index (χ1n) is 6.56. The van der Waals surface area contributed by atoms with Crippen molar-refractivity contribution in [2.75, 3.05) is 0 Å². The second kappa shape index (κ2) is 5.06. The molecule has 2 N–H and O–H groups in total. The van der Waals surface area contributed by atoms with Gasteiger partial charge < -0.3 is 10.3 Å². The van der Waals surface area contributed by atoms with Crippen molar-refractivity contribution in [3.05, 3.63) is 65.7 Å². The minimum Gasteiger partial charge on any atom is -0.331 e. The number of fused-ring (bicyclic) bond motifs is 1. The molecule has 20 heavy (non-hydrogen) atoms. The summed E-state index contributed by atoms with van der Waals surface area (Å²) < 4.78 is 15.2. The van der Waals surface area contributed by atoms with E-state index in [-0.39, 0.29) is 11.9 Å². The van der Waals surface area contributed by atoms with Crippen LogP contribution < -0.4 is 5.73 Å². The summed E-state index contributed by atoms with van der Waals surface area (Å²) in [5.74, 6) is 0.612. The average Bonchev–Trinajstić information content (AvgIpc) is 2.76. The van der Waals surface area contributed by atoms with E-state index in [2.05, 4.69) is 4.98 Å². The van der Waals surface area contributed by atoms with Crippen molar-refractivity contribution >= 4 is 11.0 Å². The van der Waals surface area contributed by atoms with Crippen LogP contribution in [0, 0.1) is 5.82 Å². The summed E-state index contributed by atoms with van der Waals surface area (Å²) in [6, 6.07) is 14.4. The second-order valence-corrected chi connectivity index (χ2v) is 4.94. The molecule has 4 heteroatoms. The Morgan fingerprint density at radius 1 is 1.20 bits per heavy atom. The lowest BCUT2D eigenvalue weighted by atomic mass is 10.0. The summed E-state index contributed by atoms with van der Waals surface area (Å²) in [4.78, 5) is 4.54. The summed E-state index contributed by atoms with van der Waals surface area (Å²) in [5, 5.41) is 0. The minimum absolute atomic E-state index is 0.114. The minimum atomic E-state index is -0.251. The van der Waals surface area contributed by atoms with Gasteiger partial charge in [0, 0.05) is 19.5 Å². The monoisotopic (exact) mass is 269 g/mol. The van der Waals surface area contributed by atoms with E-state index in [0.717, 1.165) is 22.4 Å². The lowest BCUT2D eigenvalue weighted by Crippen LogP contribution is -2.15. The molecule has 0 saturated heterocycles. The van der Waals surface area contributed by atoms with Gasteiger partial charge in [-0.2, -0.15) is 0 Å². The van der Waals surface area contributed by atoms with Crippen LogP contribution in [0.5, 0.6) is 0 Å². The molecule has 3 rings (SSSR count). The number of rotatable bonds is 3. The van der Waals surface area contributed by atoms with E-state index in [1.54, 1.807) is 6.07 Å². The Balaban J connectivity index is 1.93. The predicted molar refractivity (Wildman–Crippen MR) is 77.7 cm³/mol. The molecular formula is C16H16FN3. The molecule has 1 heterocycles. The number of hydrogen-bond acceptors (Lipinski definition) is 2. The van der Waals surface area contributed by atoms with Crippen molar-refractivity contribution in [1.29, 1.82) is 0 Å². The molecule has 0 amide bonds. The summed E-state index contributed by atoms with van der Waals surface area (Å²) in [6.07, 6.45) is 0.622. The van der Waals surface area contributed by atoms with Crippen molar-refractivity contribution in [2.45, 2.75) is 12.5 Å². The van der Waals surface area contributed by atoms with E-state index >= 15 is 0 Å². The Morgan fingerprint density at radius 3 is 2.70 bits per heavy atom. The van der Waals surface area contributed by atoms with Gasteiger partial charge in [-0.1, -0.05) is 30.3 Å². The average molecular weight is 269 g/mol. The number of aryl methyl sites for hydroxylation is 1. The first-order chi connectivity index (χ1) is 9.65. The van der Waals surface area contributed by atoms with Gasteiger partial charge in [0.15, 0.2) is 0 Å². The van der Waals surface area contributed by atoms with Crippen LogP contribution in [0.15, 0.2) is 48.5 Å². The zero-order valence-electron chi connectivity index (χ0n) is 11.3. The lowest BCUT2D eigenvalue weighted by Gasteiger charge is -2.11. The van der Waals surface area contributed by atoms with Crippen molar-refractivity contribution in [3.8, 4) is 0 Å². The molecule has 3 aromatic rings. The first kappa shape index (κ1) is 12.8. The van der Waals surface area contributed by atoms with E-state index in [0.29, 0.717) is 6.42 Å². The van der Waals surface area contributed by atoms with Crippen LogP contribution in [-0.2, 0) is 13.5 Å². The Bertz CT molecular complexity index is 734. The summed E-state index contributed by atoms with van der Waals surface area (Å²) in [7, 11) is 1.89. The van der Waals surface area contributed by atoms with E-state index in [9.17, 15) is 4.39 Å². The van der Waals surface area contributed by atoms with Crippen molar-refractivity contribution in [2.24, 2.45) is 12.8 Å². The van der Waals surface area contributed by atoms with Gasteiger partial charge >= 0.3 is 0 Å². The molecule has 102 valence electrons. The van der Waals surface area contributed by atoms with E-state index in [1.807, 2.05) is 41.9 Å². The van der Waals surface area contributed by atoms with Gasteiger partial charge in [0.2, 0.25) is 0 Å². The third-order valence-electron chi connectivity index (χ3n) is 3.57. The zero-order chi connectivity index (χ0) is 14.1. The van der Waals surface area contributed by atoms with Crippen molar-refractivity contribution in [3.63, 3.8) is 0 Å². The molecule has 1 aromatic heterocycles. The van der Waals surface area contributed by atoms with Gasteiger partial charge in [0.05, 0.1) is 11.0 Å². The van der Waals surface area contributed by atoms with E-state index in [4.69, 9.17) is 5.73 Å². The molecule has 0 bridgehead atoms. The predicted octanol–water partition coefficient (Wildman–Crippen LogP) is 2.95. The Kier molecular flexibility index (Phi) is 3.24. The summed E-state index contributed by atoms with van der Waals surface area (Å²) in [6.45, 7) is 0. The molecule has 0 aliphatic carbocycles. The normalized spacial score (nSPS) is 12.8. The molecule has 1 atom stereocenters. The fourth-order valence-electron chi connectivity index (χ4n) is 2.41. The fraction of sp³-hybridized carbons (Fsp3) is 0.188. The van der Waals surface area contributed by atoms with Gasteiger partial charge in [-0.15, -0.1) is 0 Å². The third-order valence-corrected chi connectivity index (χ3v) is 3.57. The van der Waals surface area contributed by atoms with Gasteiger partial charge in [-0.05, 0) is 23.8 Å². The topological polar surface area (TPSA) is 43.8 Å². The number of hydrogen-bond donors (Lipinski definition) is 1. The molecular weight excluding hydrogens is 253 g/mol. The standard InChI is InChI=1S/C16H16FN3/c1-20-15-9-12(17)7-8-14(15)19-16(20)10-13(18)11-5-3-2-4-6-11/h2-9,13H,10,18H2,1H3. The van der Waals surface area contributed by atoms with Crippen LogP contribution in [0.2, 0.25) is 0 Å². The molecule has 3 nitrogen and oxygen atoms in total. The third kappa shape index (κ3) is 2.30. The molecule has 2 aromatic carbocycles. The van der Waals surface area contributed by atoms with Gasteiger partial charge in [-0.3, -0.25) is 0 Å². The number of halogens is 1.